The van der Waals surface area contributed by atoms with Crippen LogP contribution in [0.25, 0.3) is 0 Å². The lowest BCUT2D eigenvalue weighted by molar-refractivity contribution is -0.295. The van der Waals surface area contributed by atoms with Gasteiger partial charge in [0, 0.05) is 36.8 Å². The summed E-state index contributed by atoms with van der Waals surface area (Å²) in [6.07, 6.45) is -3.63. The Balaban J connectivity index is 2.13. The fourth-order valence-electron chi connectivity index (χ4n) is 7.77. The Morgan fingerprint density at radius 1 is 1.02 bits per heavy atom. The number of carbonyl (C=O) groups is 4. The van der Waals surface area contributed by atoms with Crippen LogP contribution < -0.4 is 0 Å². The van der Waals surface area contributed by atoms with Gasteiger partial charge in [0.25, 0.3) is 0 Å². The van der Waals surface area contributed by atoms with Crippen LogP contribution in [0.4, 0.5) is 0 Å². The zero-order valence-corrected chi connectivity index (χ0v) is 28.6. The van der Waals surface area contributed by atoms with Crippen LogP contribution in [0.5, 0.6) is 0 Å². The Hall–Kier alpha value is -2.43. The monoisotopic (exact) mass is 636 g/mol. The number of aliphatic hydroxyl groups excluding tert-OH is 1. The number of aliphatic hydroxyl groups is 1. The van der Waals surface area contributed by atoms with Gasteiger partial charge >= 0.3 is 11.9 Å². The minimum Gasteiger partial charge on any atom is -0.458 e. The molecule has 0 aliphatic carbocycles. The molecule has 14 atom stereocenters. The third kappa shape index (κ3) is 6.98. The smallest absolute Gasteiger partial charge is 0.324 e. The van der Waals surface area contributed by atoms with Gasteiger partial charge in [-0.3, -0.25) is 19.2 Å². The molecule has 0 amide bonds. The van der Waals surface area contributed by atoms with Gasteiger partial charge in [0.2, 0.25) is 0 Å². The van der Waals surface area contributed by atoms with E-state index in [1.54, 1.807) is 41.5 Å². The number of hydrogen-bond acceptors (Lipinski definition) is 12. The van der Waals surface area contributed by atoms with E-state index in [2.05, 4.69) is 0 Å². The molecule has 12 heteroatoms. The summed E-state index contributed by atoms with van der Waals surface area (Å²) >= 11 is 0. The van der Waals surface area contributed by atoms with Gasteiger partial charge in [-0.1, -0.05) is 27.7 Å². The number of ether oxygens (including phenoxy) is 5. The number of ketones is 2. The molecule has 0 radical (unpaired) electrons. The summed E-state index contributed by atoms with van der Waals surface area (Å²) in [5.74, 6) is -8.20. The van der Waals surface area contributed by atoms with Crippen LogP contribution >= 0.6 is 0 Å². The van der Waals surface area contributed by atoms with Crippen molar-refractivity contribution in [2.75, 3.05) is 21.2 Å². The summed E-state index contributed by atoms with van der Waals surface area (Å²) in [4.78, 5) is 56.5. The standard InChI is InChI=1S/C33H52N2O10/c1-12-23-33(8)24(21(15-34)30(40)45-33)18(4)25(36)16(2)14-32(7,41-11)28(19(5)26(37)20(6)29(39)43-23)44-31-27(38)22(35(9)10)13-17(3)42-31/h16-24,27-28,31,38H,12-14H2,1-11H3/t16-,17-,18-,19+,20-,21+,22+,23-,24+,27-,28-,31+,32-,33-/m1/s1. The lowest BCUT2D eigenvalue weighted by Crippen LogP contribution is -2.59. The van der Waals surface area contributed by atoms with Crippen molar-refractivity contribution in [2.24, 2.45) is 35.5 Å². The lowest BCUT2D eigenvalue weighted by Gasteiger charge is -2.47. The number of esters is 2. The van der Waals surface area contributed by atoms with Crippen molar-refractivity contribution >= 4 is 23.5 Å². The van der Waals surface area contributed by atoms with Crippen LogP contribution in [0.2, 0.25) is 0 Å². The van der Waals surface area contributed by atoms with Gasteiger partial charge < -0.3 is 33.7 Å². The third-order valence-corrected chi connectivity index (χ3v) is 10.5. The molecule has 0 unspecified atom stereocenters. The molecule has 254 valence electrons. The second-order valence-electron chi connectivity index (χ2n) is 13.9. The Bertz CT molecular complexity index is 1170. The Labute approximate surface area is 267 Å². The number of nitriles is 1. The largest absolute Gasteiger partial charge is 0.458 e. The van der Waals surface area contributed by atoms with Gasteiger partial charge in [-0.15, -0.1) is 0 Å². The molecule has 3 aliphatic heterocycles. The van der Waals surface area contributed by atoms with E-state index in [-0.39, 0.29) is 30.8 Å². The number of hydrogen-bond donors (Lipinski definition) is 1. The Morgan fingerprint density at radius 2 is 1.64 bits per heavy atom. The summed E-state index contributed by atoms with van der Waals surface area (Å²) in [6, 6.07) is 1.73. The van der Waals surface area contributed by atoms with E-state index in [0.717, 1.165) is 0 Å². The molecule has 0 aromatic rings. The third-order valence-electron chi connectivity index (χ3n) is 10.5. The topological polar surface area (TPSA) is 162 Å². The van der Waals surface area contributed by atoms with E-state index in [4.69, 9.17) is 23.7 Å². The van der Waals surface area contributed by atoms with E-state index in [9.17, 15) is 29.5 Å². The summed E-state index contributed by atoms with van der Waals surface area (Å²) in [5, 5.41) is 21.2. The van der Waals surface area contributed by atoms with Crippen LogP contribution in [0.1, 0.15) is 74.7 Å². The van der Waals surface area contributed by atoms with Crippen molar-refractivity contribution < 1.29 is 48.0 Å². The maximum Gasteiger partial charge on any atom is 0.324 e. The predicted octanol–water partition coefficient (Wildman–Crippen LogP) is 2.68. The second kappa shape index (κ2) is 14.1. The van der Waals surface area contributed by atoms with Crippen LogP contribution in [-0.2, 0) is 42.9 Å². The van der Waals surface area contributed by atoms with Gasteiger partial charge in [-0.05, 0) is 61.1 Å². The fraction of sp³-hybridized carbons (Fsp3) is 0.848. The number of cyclic esters (lactones) is 1. The molecule has 3 heterocycles. The van der Waals surface area contributed by atoms with Crippen LogP contribution in [0.3, 0.4) is 0 Å². The number of methoxy groups -OCH3 is 1. The average molecular weight is 637 g/mol. The minimum absolute atomic E-state index is 0.0932. The van der Waals surface area contributed by atoms with Crippen molar-refractivity contribution in [3.05, 3.63) is 0 Å². The van der Waals surface area contributed by atoms with Gasteiger partial charge in [-0.25, -0.2) is 0 Å². The zero-order valence-electron chi connectivity index (χ0n) is 28.6. The quantitative estimate of drug-likeness (QED) is 0.347. The van der Waals surface area contributed by atoms with E-state index < -0.39 is 89.0 Å². The molecule has 3 fully saturated rings. The number of nitrogens with zero attached hydrogens (tertiary/aromatic N) is 2. The Kier molecular flexibility index (Phi) is 11.6. The highest BCUT2D eigenvalue weighted by molar-refractivity contribution is 6.00. The molecular weight excluding hydrogens is 584 g/mol. The summed E-state index contributed by atoms with van der Waals surface area (Å²) in [7, 11) is 5.16. The lowest BCUT2D eigenvalue weighted by atomic mass is 9.67. The second-order valence-corrected chi connectivity index (χ2v) is 13.9. The molecule has 3 rings (SSSR count). The highest BCUT2D eigenvalue weighted by Crippen LogP contribution is 2.47. The number of rotatable bonds is 5. The molecule has 0 bridgehead atoms. The summed E-state index contributed by atoms with van der Waals surface area (Å²) < 4.78 is 30.2. The molecular formula is C33H52N2O10. The molecule has 1 N–H and O–H groups in total. The van der Waals surface area contributed by atoms with Crippen molar-refractivity contribution in [1.29, 1.82) is 5.26 Å². The molecule has 45 heavy (non-hydrogen) atoms. The SMILES string of the molecule is CC[C@H]1OC(=O)[C@H](C)C(=O)[C@H](C)[C@@H](O[C@@H]2O[C@H](C)C[C@H](N(C)C)[C@H]2O)[C@](C)(OC)C[C@@H](C)C(=O)[C@H](C)[C@H]2[C@H](C#N)C(=O)O[C@@]21C. The molecule has 0 aromatic carbocycles. The molecule has 3 aliphatic rings. The van der Waals surface area contributed by atoms with Crippen LogP contribution in [0.15, 0.2) is 0 Å². The Morgan fingerprint density at radius 3 is 2.18 bits per heavy atom. The van der Waals surface area contributed by atoms with E-state index in [1.165, 1.54) is 14.0 Å². The van der Waals surface area contributed by atoms with Gasteiger partial charge in [0.1, 0.15) is 23.9 Å². The number of likely N-dealkylation sites (N-methyl/N-ethyl adjacent to an activating group) is 1. The normalized spacial score (nSPS) is 45.3. The average Bonchev–Trinajstić information content (AvgIpc) is 3.26. The summed E-state index contributed by atoms with van der Waals surface area (Å²) in [5.41, 5.74) is -2.75. The van der Waals surface area contributed by atoms with E-state index in [1.807, 2.05) is 32.0 Å². The minimum atomic E-state index is -1.47. The number of carbonyl (C=O) groups excluding carboxylic acids is 4. The van der Waals surface area contributed by atoms with Crippen molar-refractivity contribution in [3.8, 4) is 6.07 Å². The van der Waals surface area contributed by atoms with Crippen molar-refractivity contribution in [2.45, 2.75) is 123 Å². The molecule has 0 spiro atoms. The van der Waals surface area contributed by atoms with Gasteiger partial charge in [0.15, 0.2) is 23.6 Å². The first-order valence-electron chi connectivity index (χ1n) is 16.0. The van der Waals surface area contributed by atoms with Gasteiger partial charge in [0.05, 0.1) is 23.9 Å². The summed E-state index contributed by atoms with van der Waals surface area (Å²) in [6.45, 7) is 13.4. The fourth-order valence-corrected chi connectivity index (χ4v) is 7.77. The van der Waals surface area contributed by atoms with Crippen LogP contribution in [-0.4, -0.2) is 103 Å². The first-order valence-corrected chi connectivity index (χ1v) is 16.0. The zero-order chi connectivity index (χ0) is 34.2. The van der Waals surface area contributed by atoms with Crippen molar-refractivity contribution in [3.63, 3.8) is 0 Å². The predicted molar refractivity (Wildman–Crippen MR) is 161 cm³/mol. The van der Waals surface area contributed by atoms with E-state index in [0.29, 0.717) is 6.42 Å². The maximum absolute atomic E-state index is 14.1. The molecule has 3 saturated heterocycles. The van der Waals surface area contributed by atoms with Crippen LogP contribution in [0, 0.1) is 46.8 Å². The molecule has 12 nitrogen and oxygen atoms in total. The number of Topliss-reactive ketones (excluding diaryl/α,β-unsaturated/α-hetero) is 2. The van der Waals surface area contributed by atoms with Gasteiger partial charge in [-0.2, -0.15) is 5.26 Å². The van der Waals surface area contributed by atoms with Crippen molar-refractivity contribution in [1.82, 2.24) is 4.90 Å². The first-order chi connectivity index (χ1) is 20.9. The molecule has 0 aromatic heterocycles. The first kappa shape index (κ1) is 37.0. The maximum atomic E-state index is 14.1. The highest BCUT2D eigenvalue weighted by atomic mass is 16.7. The van der Waals surface area contributed by atoms with E-state index >= 15 is 0 Å². The number of fused-ring (bicyclic) bond motifs is 1. The molecule has 0 saturated carbocycles. The highest BCUT2D eigenvalue weighted by Gasteiger charge is 2.61.